The van der Waals surface area contributed by atoms with E-state index in [-0.39, 0.29) is 0 Å². The van der Waals surface area contributed by atoms with Crippen LogP contribution in [0.1, 0.15) is 24.8 Å². The zero-order valence-corrected chi connectivity index (χ0v) is 8.72. The van der Waals surface area contributed by atoms with Gasteiger partial charge < -0.3 is 5.32 Å². The van der Waals surface area contributed by atoms with Crippen LogP contribution in [-0.4, -0.2) is 6.54 Å². The van der Waals surface area contributed by atoms with Gasteiger partial charge in [-0.05, 0) is 38.3 Å². The summed E-state index contributed by atoms with van der Waals surface area (Å²) >= 11 is 0. The number of aryl methyl sites for hydroxylation is 1. The molecule has 0 atom stereocenters. The van der Waals surface area contributed by atoms with Crippen molar-refractivity contribution in [2.24, 2.45) is 0 Å². The molecular weight excluding hydrogens is 170 g/mol. The van der Waals surface area contributed by atoms with Crippen LogP contribution in [-0.2, 0) is 0 Å². The topological polar surface area (TPSA) is 12.0 Å². The number of allylic oxidation sites excluding steroid dienone is 1. The van der Waals surface area contributed by atoms with E-state index in [0.717, 1.165) is 6.54 Å². The normalized spacial score (nSPS) is 15.4. The lowest BCUT2D eigenvalue weighted by Gasteiger charge is -2.07. The van der Waals surface area contributed by atoms with Crippen molar-refractivity contribution in [2.75, 3.05) is 11.9 Å². The molecule has 0 saturated carbocycles. The van der Waals surface area contributed by atoms with Crippen LogP contribution in [0.25, 0.3) is 0 Å². The fourth-order valence-electron chi connectivity index (χ4n) is 1.78. The average molecular weight is 187 g/mol. The predicted molar refractivity (Wildman–Crippen MR) is 61.6 cm³/mol. The highest BCUT2D eigenvalue weighted by Crippen LogP contribution is 2.18. The Morgan fingerprint density at radius 2 is 2.00 bits per heavy atom. The maximum Gasteiger partial charge on any atom is 0.0360 e. The van der Waals surface area contributed by atoms with E-state index in [4.69, 9.17) is 0 Å². The summed E-state index contributed by atoms with van der Waals surface area (Å²) in [6, 6.07) is 8.58. The van der Waals surface area contributed by atoms with Crippen LogP contribution in [0, 0.1) is 6.92 Å². The maximum atomic E-state index is 3.45. The highest BCUT2D eigenvalue weighted by molar-refractivity contribution is 5.45. The van der Waals surface area contributed by atoms with E-state index in [0.29, 0.717) is 0 Å². The third kappa shape index (κ3) is 2.38. The van der Waals surface area contributed by atoms with Crippen molar-refractivity contribution in [2.45, 2.75) is 26.2 Å². The summed E-state index contributed by atoms with van der Waals surface area (Å²) in [4.78, 5) is 0. The summed E-state index contributed by atoms with van der Waals surface area (Å²) in [7, 11) is 0. The van der Waals surface area contributed by atoms with E-state index in [1.54, 1.807) is 5.57 Å². The summed E-state index contributed by atoms with van der Waals surface area (Å²) in [5, 5.41) is 3.45. The lowest BCUT2D eigenvalue weighted by Crippen LogP contribution is -2.02. The van der Waals surface area contributed by atoms with Crippen LogP contribution < -0.4 is 5.32 Å². The molecule has 0 aliphatic heterocycles. The van der Waals surface area contributed by atoms with Gasteiger partial charge in [0.05, 0.1) is 0 Å². The Kier molecular flexibility index (Phi) is 2.87. The fraction of sp³-hybridized carbons (Fsp3) is 0.385. The lowest BCUT2D eigenvalue weighted by molar-refractivity contribution is 0.897. The van der Waals surface area contributed by atoms with Crippen molar-refractivity contribution in [3.05, 3.63) is 41.5 Å². The van der Waals surface area contributed by atoms with Crippen LogP contribution >= 0.6 is 0 Å². The molecule has 74 valence electrons. The molecule has 1 heteroatoms. The summed E-state index contributed by atoms with van der Waals surface area (Å²) < 4.78 is 0. The molecule has 1 nitrogen and oxygen atoms in total. The molecule has 1 aromatic rings. The first-order valence-electron chi connectivity index (χ1n) is 5.33. The first-order valence-corrected chi connectivity index (χ1v) is 5.33. The summed E-state index contributed by atoms with van der Waals surface area (Å²) in [5.74, 6) is 0. The van der Waals surface area contributed by atoms with Gasteiger partial charge in [0.1, 0.15) is 0 Å². The Labute approximate surface area is 85.8 Å². The van der Waals surface area contributed by atoms with E-state index in [9.17, 15) is 0 Å². The number of nitrogens with one attached hydrogen (secondary N) is 1. The Morgan fingerprint density at radius 3 is 2.64 bits per heavy atom. The minimum absolute atomic E-state index is 1.02. The second kappa shape index (κ2) is 4.32. The van der Waals surface area contributed by atoms with Crippen molar-refractivity contribution >= 4 is 5.69 Å². The van der Waals surface area contributed by atoms with Gasteiger partial charge in [0, 0.05) is 12.2 Å². The van der Waals surface area contributed by atoms with E-state index >= 15 is 0 Å². The molecule has 0 radical (unpaired) electrons. The molecule has 0 unspecified atom stereocenters. The Bertz CT molecular complexity index is 322. The first-order chi connectivity index (χ1) is 6.84. The van der Waals surface area contributed by atoms with Crippen LogP contribution in [0.3, 0.4) is 0 Å². The van der Waals surface area contributed by atoms with Crippen LogP contribution in [0.15, 0.2) is 35.9 Å². The SMILES string of the molecule is Cc1ccc(NCC2=CCCC2)cc1. The van der Waals surface area contributed by atoms with Gasteiger partial charge in [-0.3, -0.25) is 0 Å². The average Bonchev–Trinajstić information content (AvgIpc) is 2.70. The molecule has 0 amide bonds. The molecule has 0 fully saturated rings. The third-order valence-corrected chi connectivity index (χ3v) is 2.71. The number of hydrogen-bond acceptors (Lipinski definition) is 1. The molecule has 1 N–H and O–H groups in total. The molecule has 0 spiro atoms. The molecule has 0 bridgehead atoms. The molecule has 0 aromatic heterocycles. The summed E-state index contributed by atoms with van der Waals surface area (Å²) in [6.07, 6.45) is 6.25. The zero-order chi connectivity index (χ0) is 9.80. The van der Waals surface area contributed by atoms with Gasteiger partial charge in [-0.15, -0.1) is 0 Å². The van der Waals surface area contributed by atoms with Gasteiger partial charge in [-0.1, -0.05) is 29.3 Å². The highest BCUT2D eigenvalue weighted by atomic mass is 14.9. The largest absolute Gasteiger partial charge is 0.381 e. The molecule has 1 aliphatic carbocycles. The Balaban J connectivity index is 1.88. The molecule has 2 rings (SSSR count). The van der Waals surface area contributed by atoms with Crippen molar-refractivity contribution in [1.82, 2.24) is 0 Å². The molecule has 14 heavy (non-hydrogen) atoms. The first kappa shape index (κ1) is 9.32. The molecule has 0 saturated heterocycles. The minimum atomic E-state index is 1.02. The third-order valence-electron chi connectivity index (χ3n) is 2.71. The molecule has 1 aliphatic rings. The van der Waals surface area contributed by atoms with Crippen LogP contribution in [0.5, 0.6) is 0 Å². The van der Waals surface area contributed by atoms with Gasteiger partial charge in [0.2, 0.25) is 0 Å². The monoisotopic (exact) mass is 187 g/mol. The summed E-state index contributed by atoms with van der Waals surface area (Å²) in [6.45, 7) is 3.13. The van der Waals surface area contributed by atoms with Crippen LogP contribution in [0.2, 0.25) is 0 Å². The molecule has 1 aromatic carbocycles. The van der Waals surface area contributed by atoms with Crippen molar-refractivity contribution in [3.63, 3.8) is 0 Å². The molecule has 0 heterocycles. The van der Waals surface area contributed by atoms with E-state index in [2.05, 4.69) is 42.6 Å². The zero-order valence-electron chi connectivity index (χ0n) is 8.72. The van der Waals surface area contributed by atoms with Gasteiger partial charge >= 0.3 is 0 Å². The smallest absolute Gasteiger partial charge is 0.0360 e. The predicted octanol–water partition coefficient (Wildman–Crippen LogP) is 3.52. The van der Waals surface area contributed by atoms with Crippen molar-refractivity contribution in [1.29, 1.82) is 0 Å². The second-order valence-corrected chi connectivity index (χ2v) is 3.97. The van der Waals surface area contributed by atoms with E-state index < -0.39 is 0 Å². The highest BCUT2D eigenvalue weighted by Gasteiger charge is 2.03. The molecular formula is C13H17N. The van der Waals surface area contributed by atoms with Gasteiger partial charge in [0.15, 0.2) is 0 Å². The number of anilines is 1. The fourth-order valence-corrected chi connectivity index (χ4v) is 1.78. The lowest BCUT2D eigenvalue weighted by atomic mass is 10.2. The Hall–Kier alpha value is -1.24. The van der Waals surface area contributed by atoms with Gasteiger partial charge in [0.25, 0.3) is 0 Å². The van der Waals surface area contributed by atoms with Crippen molar-refractivity contribution in [3.8, 4) is 0 Å². The van der Waals surface area contributed by atoms with E-state index in [1.807, 2.05) is 0 Å². The van der Waals surface area contributed by atoms with E-state index in [1.165, 1.54) is 30.5 Å². The maximum absolute atomic E-state index is 3.45. The quantitative estimate of drug-likeness (QED) is 0.714. The van der Waals surface area contributed by atoms with Gasteiger partial charge in [-0.2, -0.15) is 0 Å². The van der Waals surface area contributed by atoms with Crippen LogP contribution in [0.4, 0.5) is 5.69 Å². The van der Waals surface area contributed by atoms with Gasteiger partial charge in [-0.25, -0.2) is 0 Å². The number of rotatable bonds is 3. The summed E-state index contributed by atoms with van der Waals surface area (Å²) in [5.41, 5.74) is 4.10. The second-order valence-electron chi connectivity index (χ2n) is 3.97. The minimum Gasteiger partial charge on any atom is -0.381 e. The number of hydrogen-bond donors (Lipinski definition) is 1. The Morgan fingerprint density at radius 1 is 1.21 bits per heavy atom. The van der Waals surface area contributed by atoms with Crippen molar-refractivity contribution < 1.29 is 0 Å². The standard InChI is InChI=1S/C13H17N/c1-11-6-8-13(9-7-11)14-10-12-4-2-3-5-12/h4,6-9,14H,2-3,5,10H2,1H3. The number of benzene rings is 1.